The number of hydroxylamine groups is 2. The number of hydrogen-bond donors (Lipinski definition) is 2. The fourth-order valence-corrected chi connectivity index (χ4v) is 4.00. The Morgan fingerprint density at radius 2 is 1.50 bits per heavy atom. The first-order valence-corrected chi connectivity index (χ1v) is 8.24. The highest BCUT2D eigenvalue weighted by Gasteiger charge is 2.55. The molecule has 4 heteroatoms. The van der Waals surface area contributed by atoms with Crippen LogP contribution in [0.15, 0.2) is 60.7 Å². The van der Waals surface area contributed by atoms with Crippen LogP contribution in [0.25, 0.3) is 0 Å². The zero-order valence-corrected chi connectivity index (χ0v) is 14.0. The number of benzene rings is 2. The quantitative estimate of drug-likeness (QED) is 0.895. The molecule has 1 fully saturated rings. The van der Waals surface area contributed by atoms with Crippen molar-refractivity contribution in [1.82, 2.24) is 5.06 Å². The van der Waals surface area contributed by atoms with E-state index in [1.54, 1.807) is 0 Å². The molecule has 0 spiro atoms. The van der Waals surface area contributed by atoms with Gasteiger partial charge in [0.25, 0.3) is 0 Å². The summed E-state index contributed by atoms with van der Waals surface area (Å²) in [7, 11) is 0. The molecule has 0 bridgehead atoms. The molecule has 4 nitrogen and oxygen atoms in total. The van der Waals surface area contributed by atoms with Gasteiger partial charge < -0.3 is 10.3 Å². The minimum Gasteiger partial charge on any atom is -0.481 e. The predicted octanol–water partition coefficient (Wildman–Crippen LogP) is 4.00. The molecule has 1 heterocycles. The number of nitrogens with zero attached hydrogens (tertiary/aromatic N) is 1. The van der Waals surface area contributed by atoms with Gasteiger partial charge >= 0.3 is 5.97 Å². The molecular formula is C20H23NO3. The zero-order chi connectivity index (χ0) is 17.4. The molecule has 2 aromatic carbocycles. The van der Waals surface area contributed by atoms with Crippen LogP contribution in [0.3, 0.4) is 0 Å². The van der Waals surface area contributed by atoms with E-state index in [1.165, 1.54) is 5.06 Å². The Labute approximate surface area is 142 Å². The minimum atomic E-state index is -1.00. The van der Waals surface area contributed by atoms with E-state index in [-0.39, 0.29) is 0 Å². The van der Waals surface area contributed by atoms with E-state index in [9.17, 15) is 15.1 Å². The zero-order valence-electron chi connectivity index (χ0n) is 14.0. The van der Waals surface area contributed by atoms with Gasteiger partial charge in [0.05, 0.1) is 17.0 Å². The Morgan fingerprint density at radius 3 is 2.00 bits per heavy atom. The highest BCUT2D eigenvalue weighted by atomic mass is 16.5. The smallest absolute Gasteiger partial charge is 0.308 e. The van der Waals surface area contributed by atoms with Gasteiger partial charge in [0, 0.05) is 0 Å². The second kappa shape index (κ2) is 6.04. The van der Waals surface area contributed by atoms with Crippen molar-refractivity contribution in [1.29, 1.82) is 0 Å². The van der Waals surface area contributed by atoms with Crippen molar-refractivity contribution in [2.45, 2.75) is 37.8 Å². The number of carbonyl (C=O) groups is 1. The number of rotatable bonds is 3. The van der Waals surface area contributed by atoms with Gasteiger partial charge in [-0.15, -0.1) is 0 Å². The van der Waals surface area contributed by atoms with E-state index < -0.39 is 23.0 Å². The molecule has 2 N–H and O–H groups in total. The van der Waals surface area contributed by atoms with Crippen molar-refractivity contribution >= 4 is 5.97 Å². The standard InChI is InChI=1S/C20H23NO3/c1-19(15-9-5-3-6-10-15)14-13-17(18(22)23)20(2,21(19)24)16-11-7-4-8-12-16/h3-12,17,24H,13-14H2,1-2H3,(H,22,23). The third-order valence-electron chi connectivity index (χ3n) is 5.56. The Morgan fingerprint density at radius 1 is 1.00 bits per heavy atom. The highest BCUT2D eigenvalue weighted by Crippen LogP contribution is 2.51. The van der Waals surface area contributed by atoms with Crippen LogP contribution in [-0.2, 0) is 15.9 Å². The molecule has 0 amide bonds. The highest BCUT2D eigenvalue weighted by molar-refractivity contribution is 5.72. The van der Waals surface area contributed by atoms with Crippen molar-refractivity contribution in [2.75, 3.05) is 0 Å². The number of carboxylic acid groups (broad SMARTS) is 1. The van der Waals surface area contributed by atoms with Crippen LogP contribution in [0.4, 0.5) is 0 Å². The second-order valence-electron chi connectivity index (χ2n) is 6.89. The average molecular weight is 325 g/mol. The molecule has 0 aliphatic carbocycles. The topological polar surface area (TPSA) is 60.8 Å². The van der Waals surface area contributed by atoms with Crippen molar-refractivity contribution < 1.29 is 15.1 Å². The first-order valence-electron chi connectivity index (χ1n) is 8.24. The van der Waals surface area contributed by atoms with Gasteiger partial charge in [0.2, 0.25) is 0 Å². The monoisotopic (exact) mass is 325 g/mol. The minimum absolute atomic E-state index is 0.503. The Hall–Kier alpha value is -2.17. The lowest BCUT2D eigenvalue weighted by Gasteiger charge is -2.54. The molecule has 0 aromatic heterocycles. The molecule has 0 radical (unpaired) electrons. The normalized spacial score (nSPS) is 30.9. The number of aliphatic carboxylic acids is 1. The molecule has 126 valence electrons. The summed E-state index contributed by atoms with van der Waals surface area (Å²) in [5, 5.41) is 22.3. The third-order valence-corrected chi connectivity index (χ3v) is 5.56. The molecule has 3 atom stereocenters. The summed E-state index contributed by atoms with van der Waals surface area (Å²) in [5.74, 6) is -1.56. The fourth-order valence-electron chi connectivity index (χ4n) is 4.00. The maximum atomic E-state index is 11.9. The molecule has 3 unspecified atom stereocenters. The molecule has 0 saturated carbocycles. The van der Waals surface area contributed by atoms with E-state index in [2.05, 4.69) is 0 Å². The van der Waals surface area contributed by atoms with Gasteiger partial charge in [-0.05, 0) is 37.8 Å². The number of carboxylic acids is 1. The Kier molecular flexibility index (Phi) is 4.20. The lowest BCUT2D eigenvalue weighted by molar-refractivity contribution is -0.278. The summed E-state index contributed by atoms with van der Waals surface area (Å²) in [6.07, 6.45) is 1.08. The SMILES string of the molecule is CC1(c2ccccc2)CCC(C(=O)O)C(C)(c2ccccc2)N1O. The number of piperidine rings is 1. The maximum Gasteiger partial charge on any atom is 0.308 e. The van der Waals surface area contributed by atoms with Crippen molar-refractivity contribution in [3.05, 3.63) is 71.8 Å². The molecule has 1 saturated heterocycles. The Balaban J connectivity index is 2.13. The number of hydrogen-bond acceptors (Lipinski definition) is 3. The Bertz CT molecular complexity index is 718. The third kappa shape index (κ3) is 2.43. The lowest BCUT2D eigenvalue weighted by Crippen LogP contribution is -2.61. The van der Waals surface area contributed by atoms with Gasteiger partial charge in [0.1, 0.15) is 0 Å². The molecule has 24 heavy (non-hydrogen) atoms. The van der Waals surface area contributed by atoms with Crippen LogP contribution in [-0.4, -0.2) is 21.3 Å². The van der Waals surface area contributed by atoms with Gasteiger partial charge in [-0.2, -0.15) is 5.06 Å². The van der Waals surface area contributed by atoms with Crippen LogP contribution in [0, 0.1) is 5.92 Å². The van der Waals surface area contributed by atoms with Crippen LogP contribution < -0.4 is 0 Å². The summed E-state index contributed by atoms with van der Waals surface area (Å²) in [6.45, 7) is 3.79. The summed E-state index contributed by atoms with van der Waals surface area (Å²) < 4.78 is 0. The van der Waals surface area contributed by atoms with Crippen LogP contribution in [0.5, 0.6) is 0 Å². The van der Waals surface area contributed by atoms with E-state index in [1.807, 2.05) is 74.5 Å². The summed E-state index contributed by atoms with van der Waals surface area (Å²) in [5.41, 5.74) is 0.147. The first-order chi connectivity index (χ1) is 11.4. The molecular weight excluding hydrogens is 302 g/mol. The van der Waals surface area contributed by atoms with E-state index >= 15 is 0 Å². The van der Waals surface area contributed by atoms with E-state index in [4.69, 9.17) is 0 Å². The van der Waals surface area contributed by atoms with Gasteiger partial charge in [-0.3, -0.25) is 4.79 Å². The van der Waals surface area contributed by atoms with Crippen molar-refractivity contribution in [2.24, 2.45) is 5.92 Å². The van der Waals surface area contributed by atoms with Crippen LogP contribution in [0.1, 0.15) is 37.8 Å². The van der Waals surface area contributed by atoms with Crippen molar-refractivity contribution in [3.8, 4) is 0 Å². The summed E-state index contributed by atoms with van der Waals surface area (Å²) >= 11 is 0. The van der Waals surface area contributed by atoms with Gasteiger partial charge in [-0.25, -0.2) is 0 Å². The van der Waals surface area contributed by atoms with Crippen LogP contribution >= 0.6 is 0 Å². The molecule has 1 aliphatic rings. The van der Waals surface area contributed by atoms with Crippen molar-refractivity contribution in [3.63, 3.8) is 0 Å². The van der Waals surface area contributed by atoms with Gasteiger partial charge in [0.15, 0.2) is 0 Å². The molecule has 2 aromatic rings. The average Bonchev–Trinajstić information content (AvgIpc) is 2.61. The largest absolute Gasteiger partial charge is 0.481 e. The molecule has 3 rings (SSSR count). The summed E-state index contributed by atoms with van der Waals surface area (Å²) in [4.78, 5) is 11.9. The van der Waals surface area contributed by atoms with E-state index in [0.29, 0.717) is 12.8 Å². The van der Waals surface area contributed by atoms with Crippen LogP contribution in [0.2, 0.25) is 0 Å². The lowest BCUT2D eigenvalue weighted by atomic mass is 9.67. The predicted molar refractivity (Wildman–Crippen MR) is 91.6 cm³/mol. The second-order valence-corrected chi connectivity index (χ2v) is 6.89. The summed E-state index contributed by atoms with van der Waals surface area (Å²) in [6, 6.07) is 19.2. The first kappa shape index (κ1) is 16.7. The van der Waals surface area contributed by atoms with Gasteiger partial charge in [-0.1, -0.05) is 60.7 Å². The maximum absolute atomic E-state index is 11.9. The van der Waals surface area contributed by atoms with E-state index in [0.717, 1.165) is 11.1 Å². The fraction of sp³-hybridized carbons (Fsp3) is 0.350. The molecule has 1 aliphatic heterocycles.